The molecule has 6 heteroatoms. The summed E-state index contributed by atoms with van der Waals surface area (Å²) in [5, 5.41) is 8.06. The van der Waals surface area contributed by atoms with Crippen molar-refractivity contribution in [1.82, 2.24) is 15.6 Å². The minimum Gasteiger partial charge on any atom is -0.376 e. The fourth-order valence-electron chi connectivity index (χ4n) is 3.28. The molecule has 134 valence electrons. The Morgan fingerprint density at radius 2 is 2.21 bits per heavy atom. The Hall–Kier alpha value is -1.14. The summed E-state index contributed by atoms with van der Waals surface area (Å²) in [7, 11) is 0. The van der Waals surface area contributed by atoms with Gasteiger partial charge in [0.05, 0.1) is 23.4 Å². The maximum atomic E-state index is 5.64. The van der Waals surface area contributed by atoms with Gasteiger partial charge in [-0.15, -0.1) is 11.3 Å². The standard InChI is InChI=1S/C18H30N4OS/c1-2-19-18(21-13-14-7-6-12-23-14)20-11-5-10-17-22-15-8-3-4-9-16(15)24-17/h14H,2-13H2,1H3,(H2,19,20,21). The lowest BCUT2D eigenvalue weighted by atomic mass is 10.0. The molecule has 1 aliphatic carbocycles. The highest BCUT2D eigenvalue weighted by atomic mass is 32.1. The second kappa shape index (κ2) is 9.37. The van der Waals surface area contributed by atoms with Crippen molar-refractivity contribution in [1.29, 1.82) is 0 Å². The molecule has 0 saturated carbocycles. The molecule has 2 aliphatic rings. The highest BCUT2D eigenvalue weighted by molar-refractivity contribution is 7.11. The van der Waals surface area contributed by atoms with Gasteiger partial charge < -0.3 is 15.4 Å². The van der Waals surface area contributed by atoms with Crippen LogP contribution in [-0.4, -0.2) is 43.3 Å². The Morgan fingerprint density at radius 3 is 3.00 bits per heavy atom. The summed E-state index contributed by atoms with van der Waals surface area (Å²) in [6.07, 6.45) is 9.85. The number of thiazole rings is 1. The van der Waals surface area contributed by atoms with Crippen LogP contribution in [0, 0.1) is 0 Å². The maximum Gasteiger partial charge on any atom is 0.191 e. The van der Waals surface area contributed by atoms with Gasteiger partial charge >= 0.3 is 0 Å². The first-order chi connectivity index (χ1) is 11.8. The van der Waals surface area contributed by atoms with Crippen molar-refractivity contribution in [2.45, 2.75) is 64.4 Å². The number of fused-ring (bicyclic) bond motifs is 1. The Kier molecular flexibility index (Phi) is 6.90. The zero-order chi connectivity index (χ0) is 16.6. The number of nitrogens with one attached hydrogen (secondary N) is 2. The van der Waals surface area contributed by atoms with Crippen molar-refractivity contribution < 1.29 is 4.74 Å². The van der Waals surface area contributed by atoms with E-state index >= 15 is 0 Å². The number of guanidine groups is 1. The summed E-state index contributed by atoms with van der Waals surface area (Å²) in [6, 6.07) is 0. The first-order valence-electron chi connectivity index (χ1n) is 9.46. The van der Waals surface area contributed by atoms with Gasteiger partial charge in [0, 0.05) is 31.0 Å². The predicted molar refractivity (Wildman–Crippen MR) is 100 cm³/mol. The van der Waals surface area contributed by atoms with Crippen molar-refractivity contribution in [2.75, 3.05) is 26.2 Å². The van der Waals surface area contributed by atoms with Crippen LogP contribution < -0.4 is 10.6 Å². The summed E-state index contributed by atoms with van der Waals surface area (Å²) in [6.45, 7) is 5.57. The molecule has 0 spiro atoms. The lowest BCUT2D eigenvalue weighted by Gasteiger charge is -2.12. The summed E-state index contributed by atoms with van der Waals surface area (Å²) < 4.78 is 5.64. The van der Waals surface area contributed by atoms with E-state index in [0.29, 0.717) is 6.10 Å². The number of aliphatic imine (C=N–C) groups is 1. The molecule has 0 aromatic carbocycles. The monoisotopic (exact) mass is 350 g/mol. The first kappa shape index (κ1) is 17.7. The van der Waals surface area contributed by atoms with Crippen molar-refractivity contribution in [3.63, 3.8) is 0 Å². The molecule has 24 heavy (non-hydrogen) atoms. The number of hydrogen-bond donors (Lipinski definition) is 2. The molecule has 1 aliphatic heterocycles. The SMILES string of the molecule is CCNC(=NCC1CCCO1)NCCCc1nc2c(s1)CCCC2. The molecule has 5 nitrogen and oxygen atoms in total. The molecule has 2 N–H and O–H groups in total. The van der Waals surface area contributed by atoms with Gasteiger partial charge in [-0.3, -0.25) is 4.99 Å². The summed E-state index contributed by atoms with van der Waals surface area (Å²) in [5.41, 5.74) is 1.38. The van der Waals surface area contributed by atoms with Crippen LogP contribution in [0.1, 0.15) is 54.6 Å². The third-order valence-corrected chi connectivity index (χ3v) is 5.79. The second-order valence-electron chi connectivity index (χ2n) is 6.57. The number of hydrogen-bond acceptors (Lipinski definition) is 4. The highest BCUT2D eigenvalue weighted by Crippen LogP contribution is 2.27. The van der Waals surface area contributed by atoms with Gasteiger partial charge in [0.2, 0.25) is 0 Å². The smallest absolute Gasteiger partial charge is 0.191 e. The van der Waals surface area contributed by atoms with Gasteiger partial charge in [-0.05, 0) is 51.9 Å². The number of ether oxygens (including phenoxy) is 1. The molecule has 1 unspecified atom stereocenters. The third-order valence-electron chi connectivity index (χ3n) is 4.57. The summed E-state index contributed by atoms with van der Waals surface area (Å²) >= 11 is 1.93. The number of nitrogens with zero attached hydrogens (tertiary/aromatic N) is 2. The van der Waals surface area contributed by atoms with Crippen LogP contribution in [0.3, 0.4) is 0 Å². The van der Waals surface area contributed by atoms with Crippen LogP contribution in [0.2, 0.25) is 0 Å². The minimum atomic E-state index is 0.307. The Labute approximate surface area is 149 Å². The fraction of sp³-hybridized carbons (Fsp3) is 0.778. The van der Waals surface area contributed by atoms with E-state index in [1.165, 1.54) is 47.7 Å². The van der Waals surface area contributed by atoms with E-state index < -0.39 is 0 Å². The topological polar surface area (TPSA) is 58.5 Å². The van der Waals surface area contributed by atoms with E-state index in [9.17, 15) is 0 Å². The molecule has 1 saturated heterocycles. The average molecular weight is 351 g/mol. The Bertz CT molecular complexity index is 514. The van der Waals surface area contributed by atoms with Gasteiger partial charge in [0.1, 0.15) is 0 Å². The normalized spacial score (nSPS) is 20.9. The molecule has 2 heterocycles. The number of aromatic nitrogens is 1. The molecular formula is C18H30N4OS. The van der Waals surface area contributed by atoms with Crippen LogP contribution in [-0.2, 0) is 24.0 Å². The molecule has 0 radical (unpaired) electrons. The quantitative estimate of drug-likeness (QED) is 0.451. The fourth-order valence-corrected chi connectivity index (χ4v) is 4.48. The lowest BCUT2D eigenvalue weighted by molar-refractivity contribution is 0.117. The molecule has 1 aromatic rings. The van der Waals surface area contributed by atoms with Gasteiger partial charge in [-0.1, -0.05) is 0 Å². The van der Waals surface area contributed by atoms with E-state index in [-0.39, 0.29) is 0 Å². The van der Waals surface area contributed by atoms with Crippen LogP contribution >= 0.6 is 11.3 Å². The second-order valence-corrected chi connectivity index (χ2v) is 7.74. The van der Waals surface area contributed by atoms with Gasteiger partial charge in [0.15, 0.2) is 5.96 Å². The number of aryl methyl sites for hydroxylation is 3. The van der Waals surface area contributed by atoms with Crippen LogP contribution in [0.5, 0.6) is 0 Å². The average Bonchev–Trinajstić information content (AvgIpc) is 3.25. The Morgan fingerprint density at radius 1 is 1.29 bits per heavy atom. The summed E-state index contributed by atoms with van der Waals surface area (Å²) in [4.78, 5) is 11.0. The minimum absolute atomic E-state index is 0.307. The van der Waals surface area contributed by atoms with E-state index in [2.05, 4.69) is 22.5 Å². The maximum absolute atomic E-state index is 5.64. The largest absolute Gasteiger partial charge is 0.376 e. The zero-order valence-electron chi connectivity index (χ0n) is 14.8. The summed E-state index contributed by atoms with van der Waals surface area (Å²) in [5.74, 6) is 0.909. The third kappa shape index (κ3) is 5.18. The lowest BCUT2D eigenvalue weighted by Crippen LogP contribution is -2.38. The predicted octanol–water partition coefficient (Wildman–Crippen LogP) is 2.69. The van der Waals surface area contributed by atoms with Crippen LogP contribution in [0.25, 0.3) is 0 Å². The van der Waals surface area contributed by atoms with Gasteiger partial charge in [-0.25, -0.2) is 4.98 Å². The molecule has 3 rings (SSSR count). The van der Waals surface area contributed by atoms with Gasteiger partial charge in [0.25, 0.3) is 0 Å². The van der Waals surface area contributed by atoms with Crippen LogP contribution in [0.4, 0.5) is 0 Å². The van der Waals surface area contributed by atoms with E-state index in [4.69, 9.17) is 9.72 Å². The first-order valence-corrected chi connectivity index (χ1v) is 10.3. The van der Waals surface area contributed by atoms with Crippen molar-refractivity contribution in [3.05, 3.63) is 15.6 Å². The van der Waals surface area contributed by atoms with Gasteiger partial charge in [-0.2, -0.15) is 0 Å². The zero-order valence-corrected chi connectivity index (χ0v) is 15.6. The highest BCUT2D eigenvalue weighted by Gasteiger charge is 2.16. The number of rotatable bonds is 7. The van der Waals surface area contributed by atoms with Crippen molar-refractivity contribution in [2.24, 2.45) is 4.99 Å². The van der Waals surface area contributed by atoms with Crippen LogP contribution in [0.15, 0.2) is 4.99 Å². The van der Waals surface area contributed by atoms with Crippen molar-refractivity contribution in [3.8, 4) is 0 Å². The molecule has 0 amide bonds. The Balaban J connectivity index is 1.39. The molecule has 1 aromatic heterocycles. The van der Waals surface area contributed by atoms with E-state index in [1.54, 1.807) is 0 Å². The molecule has 0 bridgehead atoms. The molecule has 1 atom stereocenters. The van der Waals surface area contributed by atoms with E-state index in [0.717, 1.165) is 51.5 Å². The van der Waals surface area contributed by atoms with Crippen molar-refractivity contribution >= 4 is 17.3 Å². The van der Waals surface area contributed by atoms with E-state index in [1.807, 2.05) is 11.3 Å². The molecular weight excluding hydrogens is 320 g/mol. The molecule has 1 fully saturated rings.